The highest BCUT2D eigenvalue weighted by Crippen LogP contribution is 2.12. The van der Waals surface area contributed by atoms with Gasteiger partial charge in [-0.3, -0.25) is 9.56 Å². The number of hydrogen-bond acceptors (Lipinski definition) is 5. The molecule has 0 spiro atoms. The fraction of sp³-hybridized carbons (Fsp3) is 0.474. The van der Waals surface area contributed by atoms with E-state index in [0.717, 1.165) is 24.4 Å². The number of likely N-dealkylation sites (tertiary alicyclic amines) is 1. The molecule has 10 heteroatoms. The van der Waals surface area contributed by atoms with E-state index in [-0.39, 0.29) is 36.1 Å². The maximum atomic E-state index is 11.8. The van der Waals surface area contributed by atoms with Crippen LogP contribution in [0.2, 0.25) is 0 Å². The molecule has 1 aromatic carbocycles. The predicted octanol–water partition coefficient (Wildman–Crippen LogP) is 2.17. The molecule has 158 valence electrons. The SMILES string of the molecule is CCOC(=O)N1CCC(NC(=NC)NCc2nncn2-c2ccccc2)CC1.I. The van der Waals surface area contributed by atoms with E-state index in [0.29, 0.717) is 32.2 Å². The number of hydrogen-bond donors (Lipinski definition) is 2. The lowest BCUT2D eigenvalue weighted by Crippen LogP contribution is -2.49. The van der Waals surface area contributed by atoms with Crippen LogP contribution >= 0.6 is 24.0 Å². The summed E-state index contributed by atoms with van der Waals surface area (Å²) in [6.07, 6.45) is 3.16. The number of halogens is 1. The lowest BCUT2D eigenvalue weighted by Gasteiger charge is -2.32. The second kappa shape index (κ2) is 11.6. The van der Waals surface area contributed by atoms with Crippen LogP contribution < -0.4 is 10.6 Å². The van der Waals surface area contributed by atoms with Crippen LogP contribution in [0.5, 0.6) is 0 Å². The maximum absolute atomic E-state index is 11.8. The number of para-hydroxylation sites is 1. The van der Waals surface area contributed by atoms with E-state index in [9.17, 15) is 4.79 Å². The minimum atomic E-state index is -0.233. The summed E-state index contributed by atoms with van der Waals surface area (Å²) in [6.45, 7) is 4.07. The molecule has 1 aliphatic heterocycles. The zero-order valence-electron chi connectivity index (χ0n) is 16.7. The van der Waals surface area contributed by atoms with Gasteiger partial charge in [0.2, 0.25) is 0 Å². The Morgan fingerprint density at radius 1 is 1.28 bits per heavy atom. The van der Waals surface area contributed by atoms with Crippen molar-refractivity contribution in [3.05, 3.63) is 42.5 Å². The molecule has 2 aromatic rings. The van der Waals surface area contributed by atoms with Gasteiger partial charge in [-0.2, -0.15) is 0 Å². The van der Waals surface area contributed by atoms with Crippen molar-refractivity contribution in [3.63, 3.8) is 0 Å². The number of nitrogens with one attached hydrogen (secondary N) is 2. The smallest absolute Gasteiger partial charge is 0.409 e. The van der Waals surface area contributed by atoms with Gasteiger partial charge >= 0.3 is 6.09 Å². The normalized spacial score (nSPS) is 14.8. The summed E-state index contributed by atoms with van der Waals surface area (Å²) in [7, 11) is 1.74. The van der Waals surface area contributed by atoms with Crippen LogP contribution in [0.1, 0.15) is 25.6 Å². The Hall–Kier alpha value is -2.37. The lowest BCUT2D eigenvalue weighted by atomic mass is 10.1. The number of aliphatic imine (C=N–C) groups is 1. The molecule has 1 saturated heterocycles. The number of guanidine groups is 1. The quantitative estimate of drug-likeness (QED) is 0.362. The molecule has 1 fully saturated rings. The van der Waals surface area contributed by atoms with Crippen molar-refractivity contribution in [1.82, 2.24) is 30.3 Å². The molecular formula is C19H28IN7O2. The number of amides is 1. The molecule has 1 aliphatic rings. The van der Waals surface area contributed by atoms with Gasteiger partial charge in [0, 0.05) is 31.9 Å². The highest BCUT2D eigenvalue weighted by atomic mass is 127. The van der Waals surface area contributed by atoms with Crippen LogP contribution in [0.3, 0.4) is 0 Å². The van der Waals surface area contributed by atoms with Crippen LogP contribution in [0, 0.1) is 0 Å². The fourth-order valence-corrected chi connectivity index (χ4v) is 3.16. The van der Waals surface area contributed by atoms with Gasteiger partial charge in [-0.15, -0.1) is 34.2 Å². The summed E-state index contributed by atoms with van der Waals surface area (Å²) >= 11 is 0. The Kier molecular flexibility index (Phi) is 9.16. The molecule has 29 heavy (non-hydrogen) atoms. The molecule has 0 unspecified atom stereocenters. The molecule has 0 aliphatic carbocycles. The van der Waals surface area contributed by atoms with Crippen molar-refractivity contribution in [2.24, 2.45) is 4.99 Å². The minimum Gasteiger partial charge on any atom is -0.450 e. The molecule has 1 aromatic heterocycles. The monoisotopic (exact) mass is 513 g/mol. The molecule has 9 nitrogen and oxygen atoms in total. The summed E-state index contributed by atoms with van der Waals surface area (Å²) in [5.74, 6) is 1.50. The van der Waals surface area contributed by atoms with Crippen LogP contribution in [-0.4, -0.2) is 64.5 Å². The number of aromatic nitrogens is 3. The Balaban J connectivity index is 0.00000300. The second-order valence-electron chi connectivity index (χ2n) is 6.48. The van der Waals surface area contributed by atoms with E-state index in [4.69, 9.17) is 4.74 Å². The highest BCUT2D eigenvalue weighted by Gasteiger charge is 2.24. The molecule has 0 radical (unpaired) electrons. The van der Waals surface area contributed by atoms with Crippen molar-refractivity contribution in [3.8, 4) is 5.69 Å². The third kappa shape index (κ3) is 6.31. The van der Waals surface area contributed by atoms with Gasteiger partial charge < -0.3 is 20.3 Å². The first-order valence-corrected chi connectivity index (χ1v) is 9.54. The van der Waals surface area contributed by atoms with Gasteiger partial charge in [-0.05, 0) is 31.9 Å². The number of carbonyl (C=O) groups is 1. The summed E-state index contributed by atoms with van der Waals surface area (Å²) < 4.78 is 7.00. The summed E-state index contributed by atoms with van der Waals surface area (Å²) in [5.41, 5.74) is 1.01. The molecule has 2 heterocycles. The van der Waals surface area contributed by atoms with Crippen molar-refractivity contribution >= 4 is 36.0 Å². The average Bonchev–Trinajstić information content (AvgIpc) is 3.21. The average molecular weight is 513 g/mol. The highest BCUT2D eigenvalue weighted by molar-refractivity contribution is 14.0. The molecule has 0 bridgehead atoms. The van der Waals surface area contributed by atoms with Crippen molar-refractivity contribution in [2.75, 3.05) is 26.7 Å². The Morgan fingerprint density at radius 3 is 2.66 bits per heavy atom. The van der Waals surface area contributed by atoms with Gasteiger partial charge in [-0.1, -0.05) is 18.2 Å². The van der Waals surface area contributed by atoms with E-state index in [1.54, 1.807) is 18.3 Å². The zero-order chi connectivity index (χ0) is 19.8. The van der Waals surface area contributed by atoms with E-state index in [2.05, 4.69) is 25.8 Å². The summed E-state index contributed by atoms with van der Waals surface area (Å²) in [4.78, 5) is 17.8. The molecule has 2 N–H and O–H groups in total. The zero-order valence-corrected chi connectivity index (χ0v) is 19.1. The number of nitrogens with zero attached hydrogens (tertiary/aromatic N) is 5. The number of rotatable bonds is 5. The Labute approximate surface area is 187 Å². The number of carbonyl (C=O) groups excluding carboxylic acids is 1. The molecule has 0 saturated carbocycles. The molecule has 0 atom stereocenters. The van der Waals surface area contributed by atoms with Gasteiger partial charge in [-0.25, -0.2) is 4.79 Å². The van der Waals surface area contributed by atoms with E-state index >= 15 is 0 Å². The largest absolute Gasteiger partial charge is 0.450 e. The Morgan fingerprint density at radius 2 is 2.00 bits per heavy atom. The maximum Gasteiger partial charge on any atom is 0.409 e. The van der Waals surface area contributed by atoms with Gasteiger partial charge in [0.15, 0.2) is 11.8 Å². The third-order valence-electron chi connectivity index (χ3n) is 4.65. The molecule has 3 rings (SSSR count). The first-order chi connectivity index (χ1) is 13.7. The van der Waals surface area contributed by atoms with Crippen LogP contribution in [0.25, 0.3) is 5.69 Å². The standard InChI is InChI=1S/C19H27N7O2.HI/c1-3-28-19(27)25-11-9-15(10-12-25)23-18(20-2)21-13-17-24-22-14-26(17)16-7-5-4-6-8-16;/h4-8,14-15H,3,9-13H2,1-2H3,(H2,20,21,23);1H. The van der Waals surface area contributed by atoms with Crippen molar-refractivity contribution in [1.29, 1.82) is 0 Å². The third-order valence-corrected chi connectivity index (χ3v) is 4.65. The summed E-state index contributed by atoms with van der Waals surface area (Å²) in [5, 5.41) is 14.9. The topological polar surface area (TPSA) is 96.7 Å². The van der Waals surface area contributed by atoms with E-state index in [1.165, 1.54) is 0 Å². The Bertz CT molecular complexity index is 789. The number of benzene rings is 1. The van der Waals surface area contributed by atoms with Crippen molar-refractivity contribution in [2.45, 2.75) is 32.4 Å². The van der Waals surface area contributed by atoms with E-state index in [1.807, 2.05) is 41.8 Å². The fourth-order valence-electron chi connectivity index (χ4n) is 3.16. The lowest BCUT2D eigenvalue weighted by molar-refractivity contribution is 0.0963. The predicted molar refractivity (Wildman–Crippen MR) is 122 cm³/mol. The number of piperidine rings is 1. The van der Waals surface area contributed by atoms with Crippen LogP contribution in [0.15, 0.2) is 41.7 Å². The number of ether oxygens (including phenoxy) is 1. The molecule has 1 amide bonds. The first-order valence-electron chi connectivity index (χ1n) is 9.54. The van der Waals surface area contributed by atoms with Gasteiger partial charge in [0.25, 0.3) is 0 Å². The van der Waals surface area contributed by atoms with Crippen molar-refractivity contribution < 1.29 is 9.53 Å². The minimum absolute atomic E-state index is 0. The molecular weight excluding hydrogens is 485 g/mol. The summed E-state index contributed by atoms with van der Waals surface area (Å²) in [6, 6.07) is 10.2. The van der Waals surface area contributed by atoms with Gasteiger partial charge in [0.1, 0.15) is 6.33 Å². The first kappa shape index (κ1) is 22.9. The van der Waals surface area contributed by atoms with Crippen LogP contribution in [-0.2, 0) is 11.3 Å². The van der Waals surface area contributed by atoms with Crippen LogP contribution in [0.4, 0.5) is 4.79 Å². The van der Waals surface area contributed by atoms with Gasteiger partial charge in [0.05, 0.1) is 13.2 Å². The van der Waals surface area contributed by atoms with E-state index < -0.39 is 0 Å². The second-order valence-corrected chi connectivity index (χ2v) is 6.48.